The second kappa shape index (κ2) is 7.46. The summed E-state index contributed by atoms with van der Waals surface area (Å²) in [5, 5.41) is 3.60. The molecule has 0 saturated carbocycles. The van der Waals surface area contributed by atoms with Crippen molar-refractivity contribution in [1.29, 1.82) is 0 Å². The van der Waals surface area contributed by atoms with Crippen molar-refractivity contribution in [3.8, 4) is 5.75 Å². The van der Waals surface area contributed by atoms with Gasteiger partial charge in [-0.1, -0.05) is 47.1 Å². The van der Waals surface area contributed by atoms with Gasteiger partial charge in [0.15, 0.2) is 0 Å². The standard InChI is InChI=1S/C17H20BrNO/c1-3-17(14-6-8-15(18)9-7-14)19-12-13-4-10-16(20-2)11-5-13/h4-11,17,19H,3,12H2,1-2H3. The van der Waals surface area contributed by atoms with E-state index in [-0.39, 0.29) is 0 Å². The highest BCUT2D eigenvalue weighted by atomic mass is 79.9. The second-order valence-electron chi connectivity index (χ2n) is 4.74. The monoisotopic (exact) mass is 333 g/mol. The third-order valence-electron chi connectivity index (χ3n) is 3.39. The Morgan fingerprint density at radius 2 is 1.70 bits per heavy atom. The van der Waals surface area contributed by atoms with Gasteiger partial charge in [0.05, 0.1) is 7.11 Å². The van der Waals surface area contributed by atoms with Crippen LogP contribution in [0, 0.1) is 0 Å². The van der Waals surface area contributed by atoms with Gasteiger partial charge in [-0.2, -0.15) is 0 Å². The van der Waals surface area contributed by atoms with E-state index < -0.39 is 0 Å². The first kappa shape index (κ1) is 15.1. The molecule has 0 heterocycles. The van der Waals surface area contributed by atoms with Crippen LogP contribution in [0.2, 0.25) is 0 Å². The van der Waals surface area contributed by atoms with E-state index in [9.17, 15) is 0 Å². The Balaban J connectivity index is 1.97. The van der Waals surface area contributed by atoms with Gasteiger partial charge < -0.3 is 10.1 Å². The summed E-state index contributed by atoms with van der Waals surface area (Å²) >= 11 is 3.47. The van der Waals surface area contributed by atoms with Crippen LogP contribution < -0.4 is 10.1 Å². The Bertz CT molecular complexity index is 522. The van der Waals surface area contributed by atoms with Crippen LogP contribution in [0.25, 0.3) is 0 Å². The van der Waals surface area contributed by atoms with Gasteiger partial charge in [-0.15, -0.1) is 0 Å². The molecule has 0 aliphatic carbocycles. The lowest BCUT2D eigenvalue weighted by Gasteiger charge is -2.17. The van der Waals surface area contributed by atoms with Crippen LogP contribution >= 0.6 is 15.9 Å². The molecule has 0 bridgehead atoms. The number of ether oxygens (including phenoxy) is 1. The van der Waals surface area contributed by atoms with Crippen LogP contribution in [0.1, 0.15) is 30.5 Å². The zero-order valence-corrected chi connectivity index (χ0v) is 13.5. The number of rotatable bonds is 6. The molecule has 0 spiro atoms. The topological polar surface area (TPSA) is 21.3 Å². The zero-order chi connectivity index (χ0) is 14.4. The molecule has 106 valence electrons. The molecule has 0 saturated heterocycles. The molecule has 2 aromatic carbocycles. The van der Waals surface area contributed by atoms with Gasteiger partial charge in [0, 0.05) is 17.1 Å². The molecule has 2 nitrogen and oxygen atoms in total. The van der Waals surface area contributed by atoms with Gasteiger partial charge in [-0.3, -0.25) is 0 Å². The minimum Gasteiger partial charge on any atom is -0.497 e. The number of hydrogen-bond acceptors (Lipinski definition) is 2. The molecule has 1 N–H and O–H groups in total. The van der Waals surface area contributed by atoms with Crippen molar-refractivity contribution < 1.29 is 4.74 Å². The Morgan fingerprint density at radius 1 is 1.05 bits per heavy atom. The molecule has 0 fully saturated rings. The summed E-state index contributed by atoms with van der Waals surface area (Å²) in [5.41, 5.74) is 2.59. The maximum absolute atomic E-state index is 5.17. The fourth-order valence-corrected chi connectivity index (χ4v) is 2.44. The van der Waals surface area contributed by atoms with Crippen molar-refractivity contribution in [2.75, 3.05) is 7.11 Å². The number of nitrogens with one attached hydrogen (secondary N) is 1. The highest BCUT2D eigenvalue weighted by molar-refractivity contribution is 9.10. The minimum absolute atomic E-state index is 0.380. The second-order valence-corrected chi connectivity index (χ2v) is 5.66. The Morgan fingerprint density at radius 3 is 2.25 bits per heavy atom. The molecule has 0 aliphatic heterocycles. The molecular formula is C17H20BrNO. The normalized spacial score (nSPS) is 12.2. The van der Waals surface area contributed by atoms with Crippen molar-refractivity contribution in [1.82, 2.24) is 5.32 Å². The summed E-state index contributed by atoms with van der Waals surface area (Å²) in [6.45, 7) is 3.06. The summed E-state index contributed by atoms with van der Waals surface area (Å²) in [6.07, 6.45) is 1.07. The van der Waals surface area contributed by atoms with Crippen molar-refractivity contribution in [2.24, 2.45) is 0 Å². The van der Waals surface area contributed by atoms with E-state index in [1.807, 2.05) is 12.1 Å². The summed E-state index contributed by atoms with van der Waals surface area (Å²) in [4.78, 5) is 0. The predicted molar refractivity (Wildman–Crippen MR) is 87.0 cm³/mol. The first-order chi connectivity index (χ1) is 9.72. The predicted octanol–water partition coefficient (Wildman–Crippen LogP) is 4.70. The highest BCUT2D eigenvalue weighted by Gasteiger charge is 2.08. The van der Waals surface area contributed by atoms with Crippen molar-refractivity contribution in [3.63, 3.8) is 0 Å². The molecule has 2 aromatic rings. The van der Waals surface area contributed by atoms with E-state index in [2.05, 4.69) is 64.6 Å². The molecule has 20 heavy (non-hydrogen) atoms. The van der Waals surface area contributed by atoms with Gasteiger partial charge in [0.1, 0.15) is 5.75 Å². The molecule has 0 aliphatic rings. The van der Waals surface area contributed by atoms with Crippen LogP contribution in [0.3, 0.4) is 0 Å². The van der Waals surface area contributed by atoms with Crippen molar-refractivity contribution in [2.45, 2.75) is 25.9 Å². The number of methoxy groups -OCH3 is 1. The quantitative estimate of drug-likeness (QED) is 0.827. The summed E-state index contributed by atoms with van der Waals surface area (Å²) in [7, 11) is 1.69. The van der Waals surface area contributed by atoms with Crippen LogP contribution in [0.15, 0.2) is 53.0 Å². The van der Waals surface area contributed by atoms with E-state index in [1.54, 1.807) is 7.11 Å². The van der Waals surface area contributed by atoms with Gasteiger partial charge >= 0.3 is 0 Å². The maximum Gasteiger partial charge on any atom is 0.118 e. The first-order valence-corrected chi connectivity index (χ1v) is 7.64. The first-order valence-electron chi connectivity index (χ1n) is 6.84. The zero-order valence-electron chi connectivity index (χ0n) is 11.9. The van der Waals surface area contributed by atoms with Gasteiger partial charge in [0.2, 0.25) is 0 Å². The van der Waals surface area contributed by atoms with E-state index in [0.717, 1.165) is 23.2 Å². The van der Waals surface area contributed by atoms with E-state index >= 15 is 0 Å². The molecule has 0 aromatic heterocycles. The molecule has 3 heteroatoms. The molecule has 1 unspecified atom stereocenters. The summed E-state index contributed by atoms with van der Waals surface area (Å²) < 4.78 is 6.29. The molecule has 1 atom stereocenters. The fraction of sp³-hybridized carbons (Fsp3) is 0.294. The van der Waals surface area contributed by atoms with Crippen LogP contribution in [-0.4, -0.2) is 7.11 Å². The van der Waals surface area contributed by atoms with E-state index in [0.29, 0.717) is 6.04 Å². The number of hydrogen-bond donors (Lipinski definition) is 1. The SMILES string of the molecule is CCC(NCc1ccc(OC)cc1)c1ccc(Br)cc1. The number of halogens is 1. The molecule has 0 amide bonds. The lowest BCUT2D eigenvalue weighted by molar-refractivity contribution is 0.414. The summed E-state index contributed by atoms with van der Waals surface area (Å²) in [6, 6.07) is 17.1. The van der Waals surface area contributed by atoms with Gasteiger partial charge in [-0.05, 0) is 41.8 Å². The maximum atomic E-state index is 5.17. The lowest BCUT2D eigenvalue weighted by atomic mass is 10.0. The van der Waals surface area contributed by atoms with E-state index in [1.165, 1.54) is 11.1 Å². The van der Waals surface area contributed by atoms with Gasteiger partial charge in [-0.25, -0.2) is 0 Å². The fourth-order valence-electron chi connectivity index (χ4n) is 2.18. The lowest BCUT2D eigenvalue weighted by Crippen LogP contribution is -2.20. The third-order valence-corrected chi connectivity index (χ3v) is 3.92. The largest absolute Gasteiger partial charge is 0.497 e. The van der Waals surface area contributed by atoms with E-state index in [4.69, 9.17) is 4.74 Å². The van der Waals surface area contributed by atoms with Crippen LogP contribution in [0.5, 0.6) is 5.75 Å². The van der Waals surface area contributed by atoms with Crippen LogP contribution in [0.4, 0.5) is 0 Å². The smallest absolute Gasteiger partial charge is 0.118 e. The van der Waals surface area contributed by atoms with Crippen molar-refractivity contribution >= 4 is 15.9 Å². The molecular weight excluding hydrogens is 314 g/mol. The average Bonchev–Trinajstić information content (AvgIpc) is 2.50. The van der Waals surface area contributed by atoms with Crippen molar-refractivity contribution in [3.05, 3.63) is 64.1 Å². The Kier molecular flexibility index (Phi) is 5.62. The average molecular weight is 334 g/mol. The van der Waals surface area contributed by atoms with Crippen LogP contribution in [-0.2, 0) is 6.54 Å². The Hall–Kier alpha value is -1.32. The summed E-state index contributed by atoms with van der Waals surface area (Å²) in [5.74, 6) is 0.897. The molecule has 0 radical (unpaired) electrons. The highest BCUT2D eigenvalue weighted by Crippen LogP contribution is 2.20. The number of benzene rings is 2. The third kappa shape index (κ3) is 4.09. The Labute approximate surface area is 129 Å². The van der Waals surface area contributed by atoms with Gasteiger partial charge in [0.25, 0.3) is 0 Å². The minimum atomic E-state index is 0.380. The molecule has 2 rings (SSSR count).